The summed E-state index contributed by atoms with van der Waals surface area (Å²) in [6.07, 6.45) is 2.10. The summed E-state index contributed by atoms with van der Waals surface area (Å²) in [5.74, 6) is 0. The second-order valence-electron chi connectivity index (χ2n) is 3.51. The summed E-state index contributed by atoms with van der Waals surface area (Å²) < 4.78 is 1.09. The first-order chi connectivity index (χ1) is 7.20. The minimum absolute atomic E-state index is 0. The SMILES string of the molecule is Br.CCCc1cc(Br)c2ccc(Cl)cc2n1. The smallest absolute Gasteiger partial charge is 0.0731 e. The fourth-order valence-electron chi connectivity index (χ4n) is 1.59. The van der Waals surface area contributed by atoms with Crippen molar-refractivity contribution < 1.29 is 0 Å². The Morgan fingerprint density at radius 3 is 2.75 bits per heavy atom. The maximum atomic E-state index is 5.95. The maximum absolute atomic E-state index is 5.95. The van der Waals surface area contributed by atoms with E-state index in [9.17, 15) is 0 Å². The zero-order valence-corrected chi connectivity index (χ0v) is 12.9. The van der Waals surface area contributed by atoms with Crippen molar-refractivity contribution in [3.63, 3.8) is 0 Å². The van der Waals surface area contributed by atoms with E-state index in [0.717, 1.165) is 38.9 Å². The van der Waals surface area contributed by atoms with Crippen LogP contribution in [0.5, 0.6) is 0 Å². The lowest BCUT2D eigenvalue weighted by Gasteiger charge is -2.04. The van der Waals surface area contributed by atoms with Crippen LogP contribution in [0.3, 0.4) is 0 Å². The largest absolute Gasteiger partial charge is 0.253 e. The van der Waals surface area contributed by atoms with E-state index in [0.29, 0.717) is 0 Å². The molecule has 0 saturated heterocycles. The van der Waals surface area contributed by atoms with Gasteiger partial charge in [0.05, 0.1) is 5.52 Å². The Morgan fingerprint density at radius 2 is 2.06 bits per heavy atom. The van der Waals surface area contributed by atoms with Gasteiger partial charge in [0, 0.05) is 20.6 Å². The number of rotatable bonds is 2. The van der Waals surface area contributed by atoms with Gasteiger partial charge in [-0.05, 0) is 24.6 Å². The molecule has 0 aliphatic carbocycles. The summed E-state index contributed by atoms with van der Waals surface area (Å²) in [7, 11) is 0. The highest BCUT2D eigenvalue weighted by molar-refractivity contribution is 9.10. The van der Waals surface area contributed by atoms with E-state index in [1.165, 1.54) is 0 Å². The van der Waals surface area contributed by atoms with Crippen LogP contribution in [0.2, 0.25) is 5.02 Å². The molecule has 2 aromatic rings. The van der Waals surface area contributed by atoms with E-state index in [1.807, 2.05) is 18.2 Å². The predicted octanol–water partition coefficient (Wildman–Crippen LogP) is 5.18. The zero-order chi connectivity index (χ0) is 10.8. The van der Waals surface area contributed by atoms with Gasteiger partial charge in [0.2, 0.25) is 0 Å². The molecule has 0 amide bonds. The van der Waals surface area contributed by atoms with Crippen LogP contribution in [0.25, 0.3) is 10.9 Å². The third-order valence-corrected chi connectivity index (χ3v) is 3.17. The Labute approximate surface area is 119 Å². The summed E-state index contributed by atoms with van der Waals surface area (Å²) in [5, 5.41) is 1.84. The number of halogens is 3. The van der Waals surface area contributed by atoms with Crippen LogP contribution in [-0.2, 0) is 6.42 Å². The molecule has 16 heavy (non-hydrogen) atoms. The Morgan fingerprint density at radius 1 is 1.31 bits per heavy atom. The lowest BCUT2D eigenvalue weighted by Crippen LogP contribution is -1.90. The molecule has 0 aliphatic heterocycles. The molecule has 2 rings (SSSR count). The van der Waals surface area contributed by atoms with E-state index in [4.69, 9.17) is 11.6 Å². The van der Waals surface area contributed by atoms with Crippen molar-refractivity contribution in [3.05, 3.63) is 39.5 Å². The van der Waals surface area contributed by atoms with E-state index in [-0.39, 0.29) is 17.0 Å². The van der Waals surface area contributed by atoms with Gasteiger partial charge in [-0.2, -0.15) is 0 Å². The average molecular weight is 365 g/mol. The number of aryl methyl sites for hydroxylation is 1. The molecule has 4 heteroatoms. The first kappa shape index (κ1) is 13.9. The molecule has 86 valence electrons. The molecule has 0 atom stereocenters. The fraction of sp³-hybridized carbons (Fsp3) is 0.250. The average Bonchev–Trinajstić information content (AvgIpc) is 2.17. The molecule has 1 aromatic carbocycles. The van der Waals surface area contributed by atoms with Crippen LogP contribution in [-0.4, -0.2) is 4.98 Å². The number of nitrogens with zero attached hydrogens (tertiary/aromatic N) is 1. The molecule has 1 nitrogen and oxygen atoms in total. The molecule has 1 aromatic heterocycles. The Kier molecular flexibility index (Phi) is 5.22. The van der Waals surface area contributed by atoms with Crippen molar-refractivity contribution >= 4 is 55.4 Å². The van der Waals surface area contributed by atoms with Gasteiger partial charge in [-0.1, -0.05) is 46.9 Å². The Hall–Kier alpha value is -0.120. The van der Waals surface area contributed by atoms with Gasteiger partial charge in [-0.15, -0.1) is 17.0 Å². The summed E-state index contributed by atoms with van der Waals surface area (Å²) in [6.45, 7) is 2.15. The number of hydrogen-bond acceptors (Lipinski definition) is 1. The summed E-state index contributed by atoms with van der Waals surface area (Å²) in [6, 6.07) is 7.86. The molecule has 0 radical (unpaired) electrons. The highest BCUT2D eigenvalue weighted by atomic mass is 79.9. The highest BCUT2D eigenvalue weighted by Gasteiger charge is 2.03. The second-order valence-corrected chi connectivity index (χ2v) is 4.80. The third-order valence-electron chi connectivity index (χ3n) is 2.28. The minimum Gasteiger partial charge on any atom is -0.253 e. The van der Waals surface area contributed by atoms with Crippen LogP contribution >= 0.6 is 44.5 Å². The molecule has 0 spiro atoms. The standard InChI is InChI=1S/C12H11BrClN.BrH/c1-2-3-9-7-11(13)10-5-4-8(14)6-12(10)15-9;/h4-7H,2-3H2,1H3;1H. The van der Waals surface area contributed by atoms with E-state index in [1.54, 1.807) is 0 Å². The van der Waals surface area contributed by atoms with Crippen molar-refractivity contribution in [1.82, 2.24) is 4.98 Å². The van der Waals surface area contributed by atoms with Gasteiger partial charge < -0.3 is 0 Å². The Balaban J connectivity index is 0.00000128. The highest BCUT2D eigenvalue weighted by Crippen LogP contribution is 2.26. The number of hydrogen-bond donors (Lipinski definition) is 0. The van der Waals surface area contributed by atoms with Gasteiger partial charge in [0.25, 0.3) is 0 Å². The monoisotopic (exact) mass is 363 g/mol. The quantitative estimate of drug-likeness (QED) is 0.714. The zero-order valence-electron chi connectivity index (χ0n) is 8.84. The molecule has 0 fully saturated rings. The van der Waals surface area contributed by atoms with E-state index >= 15 is 0 Å². The number of benzene rings is 1. The maximum Gasteiger partial charge on any atom is 0.0731 e. The lowest BCUT2D eigenvalue weighted by molar-refractivity contribution is 0.889. The van der Waals surface area contributed by atoms with Gasteiger partial charge in [0.15, 0.2) is 0 Å². The number of pyridine rings is 1. The van der Waals surface area contributed by atoms with Gasteiger partial charge in [0.1, 0.15) is 0 Å². The van der Waals surface area contributed by atoms with Gasteiger partial charge in [-0.25, -0.2) is 0 Å². The van der Waals surface area contributed by atoms with Crippen molar-refractivity contribution in [2.24, 2.45) is 0 Å². The topological polar surface area (TPSA) is 12.9 Å². The molecule has 0 N–H and O–H groups in total. The van der Waals surface area contributed by atoms with Crippen LogP contribution in [0.4, 0.5) is 0 Å². The molecule has 0 unspecified atom stereocenters. The normalized spacial score (nSPS) is 10.2. The minimum atomic E-state index is 0. The van der Waals surface area contributed by atoms with Crippen molar-refractivity contribution in [1.29, 1.82) is 0 Å². The fourth-order valence-corrected chi connectivity index (χ4v) is 2.36. The molecule has 0 saturated carbocycles. The van der Waals surface area contributed by atoms with Gasteiger partial charge >= 0.3 is 0 Å². The van der Waals surface area contributed by atoms with Crippen LogP contribution in [0, 0.1) is 0 Å². The molecular weight excluding hydrogens is 353 g/mol. The van der Waals surface area contributed by atoms with Crippen molar-refractivity contribution in [3.8, 4) is 0 Å². The Bertz CT molecular complexity index is 500. The van der Waals surface area contributed by atoms with Gasteiger partial charge in [-0.3, -0.25) is 4.98 Å². The molecule has 1 heterocycles. The molecular formula is C12H12Br2ClN. The predicted molar refractivity (Wildman–Crippen MR) is 78.8 cm³/mol. The van der Waals surface area contributed by atoms with E-state index in [2.05, 4.69) is 33.9 Å². The molecule has 0 aliphatic rings. The number of aromatic nitrogens is 1. The summed E-state index contributed by atoms with van der Waals surface area (Å²) >= 11 is 9.50. The van der Waals surface area contributed by atoms with Crippen LogP contribution in [0.1, 0.15) is 19.0 Å². The lowest BCUT2D eigenvalue weighted by atomic mass is 10.1. The second kappa shape index (κ2) is 5.99. The number of fused-ring (bicyclic) bond motifs is 1. The van der Waals surface area contributed by atoms with Crippen molar-refractivity contribution in [2.75, 3.05) is 0 Å². The first-order valence-corrected chi connectivity index (χ1v) is 6.12. The summed E-state index contributed by atoms with van der Waals surface area (Å²) in [5.41, 5.74) is 2.07. The van der Waals surface area contributed by atoms with Crippen LogP contribution < -0.4 is 0 Å². The van der Waals surface area contributed by atoms with Crippen LogP contribution in [0.15, 0.2) is 28.7 Å². The first-order valence-electron chi connectivity index (χ1n) is 4.95. The van der Waals surface area contributed by atoms with E-state index < -0.39 is 0 Å². The molecule has 0 bridgehead atoms. The van der Waals surface area contributed by atoms with Crippen molar-refractivity contribution in [2.45, 2.75) is 19.8 Å². The third kappa shape index (κ3) is 2.96. The summed E-state index contributed by atoms with van der Waals surface area (Å²) in [4.78, 5) is 4.57.